The van der Waals surface area contributed by atoms with Crippen LogP contribution in [0.25, 0.3) is 0 Å². The average molecular weight is 505 g/mol. The standard InChI is InChI=1S/C30H36N2O5/c1-5-22(2)31-30(34)28(19-23-10-7-6-8-11-23)32(20-24-12-9-13-27(18-24)36-4)29(33)21-37-26-16-14-25(35-3)15-17-26/h6-18,22,28H,5,19-21H2,1-4H3,(H,31,34)/t22-,28-/m0/s1. The monoisotopic (exact) mass is 504 g/mol. The highest BCUT2D eigenvalue weighted by Crippen LogP contribution is 2.20. The molecule has 7 heteroatoms. The Kier molecular flexibility index (Phi) is 10.4. The lowest BCUT2D eigenvalue weighted by Crippen LogP contribution is -2.53. The van der Waals surface area contributed by atoms with Crippen molar-refractivity contribution in [3.05, 3.63) is 90.0 Å². The molecule has 3 rings (SSSR count). The zero-order valence-electron chi connectivity index (χ0n) is 22.0. The largest absolute Gasteiger partial charge is 0.497 e. The summed E-state index contributed by atoms with van der Waals surface area (Å²) in [4.78, 5) is 28.8. The molecule has 0 saturated heterocycles. The molecule has 196 valence electrons. The van der Waals surface area contributed by atoms with Gasteiger partial charge in [-0.2, -0.15) is 0 Å². The lowest BCUT2D eigenvalue weighted by Gasteiger charge is -2.32. The van der Waals surface area contributed by atoms with Gasteiger partial charge in [0.1, 0.15) is 23.3 Å². The van der Waals surface area contributed by atoms with E-state index in [4.69, 9.17) is 14.2 Å². The first-order valence-electron chi connectivity index (χ1n) is 12.5. The van der Waals surface area contributed by atoms with Crippen LogP contribution in [0.4, 0.5) is 0 Å². The summed E-state index contributed by atoms with van der Waals surface area (Å²) in [5, 5.41) is 3.07. The maximum absolute atomic E-state index is 13.7. The highest BCUT2D eigenvalue weighted by molar-refractivity contribution is 5.88. The number of hydrogen-bond acceptors (Lipinski definition) is 5. The summed E-state index contributed by atoms with van der Waals surface area (Å²) in [7, 11) is 3.19. The molecule has 0 unspecified atom stereocenters. The van der Waals surface area contributed by atoms with Crippen molar-refractivity contribution in [2.45, 2.75) is 45.3 Å². The Morgan fingerprint density at radius 1 is 0.838 bits per heavy atom. The number of carbonyl (C=O) groups excluding carboxylic acids is 2. The minimum Gasteiger partial charge on any atom is -0.497 e. The fourth-order valence-electron chi connectivity index (χ4n) is 3.86. The zero-order valence-corrected chi connectivity index (χ0v) is 22.0. The number of amides is 2. The van der Waals surface area contributed by atoms with Crippen molar-refractivity contribution in [3.8, 4) is 17.2 Å². The first-order chi connectivity index (χ1) is 17.9. The number of ether oxygens (including phenoxy) is 3. The second-order valence-electron chi connectivity index (χ2n) is 8.86. The Morgan fingerprint density at radius 3 is 2.14 bits per heavy atom. The summed E-state index contributed by atoms with van der Waals surface area (Å²) >= 11 is 0. The molecular weight excluding hydrogens is 468 g/mol. The van der Waals surface area contributed by atoms with E-state index in [1.807, 2.05) is 68.4 Å². The van der Waals surface area contributed by atoms with Gasteiger partial charge >= 0.3 is 0 Å². The smallest absolute Gasteiger partial charge is 0.261 e. The fourth-order valence-corrected chi connectivity index (χ4v) is 3.86. The Morgan fingerprint density at radius 2 is 1.49 bits per heavy atom. The van der Waals surface area contributed by atoms with E-state index in [0.717, 1.165) is 17.5 Å². The topological polar surface area (TPSA) is 77.1 Å². The number of rotatable bonds is 13. The molecule has 2 amide bonds. The van der Waals surface area contributed by atoms with Crippen molar-refractivity contribution in [1.29, 1.82) is 0 Å². The van der Waals surface area contributed by atoms with Crippen molar-refractivity contribution < 1.29 is 23.8 Å². The Labute approximate surface area is 219 Å². The summed E-state index contributed by atoms with van der Waals surface area (Å²) in [6, 6.07) is 23.5. The van der Waals surface area contributed by atoms with Crippen LogP contribution in [0.5, 0.6) is 17.2 Å². The van der Waals surface area contributed by atoms with Gasteiger partial charge in [0.05, 0.1) is 14.2 Å². The number of methoxy groups -OCH3 is 2. The van der Waals surface area contributed by atoms with Gasteiger partial charge in [0, 0.05) is 19.0 Å². The second kappa shape index (κ2) is 13.9. The summed E-state index contributed by atoms with van der Waals surface area (Å²) in [6.07, 6.45) is 1.16. The third-order valence-corrected chi connectivity index (χ3v) is 6.18. The van der Waals surface area contributed by atoms with Gasteiger partial charge in [-0.15, -0.1) is 0 Å². The van der Waals surface area contributed by atoms with E-state index in [9.17, 15) is 9.59 Å². The molecule has 1 N–H and O–H groups in total. The molecule has 0 saturated carbocycles. The molecule has 3 aromatic rings. The van der Waals surface area contributed by atoms with Gasteiger partial charge in [-0.3, -0.25) is 9.59 Å². The van der Waals surface area contributed by atoms with Gasteiger partial charge < -0.3 is 24.4 Å². The van der Waals surface area contributed by atoms with Crippen LogP contribution in [0.1, 0.15) is 31.4 Å². The number of nitrogens with one attached hydrogen (secondary N) is 1. The summed E-state index contributed by atoms with van der Waals surface area (Å²) in [5.41, 5.74) is 1.82. The molecule has 0 heterocycles. The molecule has 37 heavy (non-hydrogen) atoms. The highest BCUT2D eigenvalue weighted by Gasteiger charge is 2.31. The third-order valence-electron chi connectivity index (χ3n) is 6.18. The Balaban J connectivity index is 1.91. The normalized spacial score (nSPS) is 12.2. The fraction of sp³-hybridized carbons (Fsp3) is 0.333. The van der Waals surface area contributed by atoms with Crippen LogP contribution in [0, 0.1) is 0 Å². The van der Waals surface area contributed by atoms with Crippen molar-refractivity contribution in [2.24, 2.45) is 0 Å². The molecule has 0 aliphatic heterocycles. The molecule has 0 bridgehead atoms. The Bertz CT molecular complexity index is 1130. The molecular formula is C30H36N2O5. The van der Waals surface area contributed by atoms with Gasteiger partial charge in [0.15, 0.2) is 6.61 Å². The van der Waals surface area contributed by atoms with E-state index in [0.29, 0.717) is 23.7 Å². The average Bonchev–Trinajstić information content (AvgIpc) is 2.94. The van der Waals surface area contributed by atoms with E-state index in [-0.39, 0.29) is 31.0 Å². The molecule has 0 fully saturated rings. The molecule has 0 radical (unpaired) electrons. The summed E-state index contributed by atoms with van der Waals surface area (Å²) in [5.74, 6) is 1.43. The lowest BCUT2D eigenvalue weighted by molar-refractivity contribution is -0.143. The van der Waals surface area contributed by atoms with E-state index in [1.165, 1.54) is 0 Å². The van der Waals surface area contributed by atoms with Crippen LogP contribution < -0.4 is 19.5 Å². The van der Waals surface area contributed by atoms with E-state index in [2.05, 4.69) is 5.32 Å². The number of nitrogens with zero attached hydrogens (tertiary/aromatic N) is 1. The first kappa shape index (κ1) is 27.6. The summed E-state index contributed by atoms with van der Waals surface area (Å²) < 4.78 is 16.4. The van der Waals surface area contributed by atoms with Crippen LogP contribution in [-0.4, -0.2) is 49.6 Å². The second-order valence-corrected chi connectivity index (χ2v) is 8.86. The minimum absolute atomic E-state index is 0.0184. The van der Waals surface area contributed by atoms with Crippen LogP contribution in [0.3, 0.4) is 0 Å². The highest BCUT2D eigenvalue weighted by atomic mass is 16.5. The van der Waals surface area contributed by atoms with Crippen molar-refractivity contribution in [3.63, 3.8) is 0 Å². The molecule has 7 nitrogen and oxygen atoms in total. The van der Waals surface area contributed by atoms with Crippen LogP contribution in [0.15, 0.2) is 78.9 Å². The van der Waals surface area contributed by atoms with Gasteiger partial charge in [0.2, 0.25) is 5.91 Å². The van der Waals surface area contributed by atoms with Gasteiger partial charge in [-0.1, -0.05) is 49.4 Å². The molecule has 0 spiro atoms. The van der Waals surface area contributed by atoms with Crippen LogP contribution >= 0.6 is 0 Å². The molecule has 0 aliphatic carbocycles. The molecule has 3 aromatic carbocycles. The number of hydrogen-bond donors (Lipinski definition) is 1. The number of carbonyl (C=O) groups is 2. The Hall–Kier alpha value is -4.00. The molecule has 0 aromatic heterocycles. The van der Waals surface area contributed by atoms with E-state index < -0.39 is 6.04 Å². The molecule has 0 aliphatic rings. The maximum Gasteiger partial charge on any atom is 0.261 e. The third kappa shape index (κ3) is 8.27. The zero-order chi connectivity index (χ0) is 26.6. The minimum atomic E-state index is -0.727. The van der Waals surface area contributed by atoms with Crippen LogP contribution in [-0.2, 0) is 22.6 Å². The quantitative estimate of drug-likeness (QED) is 0.367. The molecule has 2 atom stereocenters. The summed E-state index contributed by atoms with van der Waals surface area (Å²) in [6.45, 7) is 3.99. The lowest BCUT2D eigenvalue weighted by atomic mass is 10.0. The predicted octanol–water partition coefficient (Wildman–Crippen LogP) is 4.64. The van der Waals surface area contributed by atoms with E-state index >= 15 is 0 Å². The van der Waals surface area contributed by atoms with Gasteiger partial charge in [-0.25, -0.2) is 0 Å². The first-order valence-corrected chi connectivity index (χ1v) is 12.5. The SMILES string of the molecule is CC[C@H](C)NC(=O)[C@H](Cc1ccccc1)N(Cc1cccc(OC)c1)C(=O)COc1ccc(OC)cc1. The van der Waals surface area contributed by atoms with Crippen molar-refractivity contribution >= 4 is 11.8 Å². The van der Waals surface area contributed by atoms with Crippen molar-refractivity contribution in [1.82, 2.24) is 10.2 Å². The van der Waals surface area contributed by atoms with Crippen LogP contribution in [0.2, 0.25) is 0 Å². The van der Waals surface area contributed by atoms with Gasteiger partial charge in [0.25, 0.3) is 5.91 Å². The predicted molar refractivity (Wildman–Crippen MR) is 144 cm³/mol. The number of benzene rings is 3. The van der Waals surface area contributed by atoms with Gasteiger partial charge in [-0.05, 0) is 60.9 Å². The van der Waals surface area contributed by atoms with E-state index in [1.54, 1.807) is 43.4 Å². The van der Waals surface area contributed by atoms with Crippen molar-refractivity contribution in [2.75, 3.05) is 20.8 Å². The maximum atomic E-state index is 13.7.